The topological polar surface area (TPSA) is 34.4 Å². The standard InChI is InChI=1S/C10H10N2O/c1-8-10-9(4-6-13)3-2-5-12(10)7-11-8/h2-3,5-7H,4H2,1H3. The van der Waals surface area contributed by atoms with Crippen molar-refractivity contribution in [3.05, 3.63) is 35.9 Å². The van der Waals surface area contributed by atoms with Crippen molar-refractivity contribution in [2.24, 2.45) is 0 Å². The number of aromatic nitrogens is 2. The van der Waals surface area contributed by atoms with Gasteiger partial charge in [-0.25, -0.2) is 4.98 Å². The molecule has 0 bridgehead atoms. The van der Waals surface area contributed by atoms with Gasteiger partial charge in [-0.3, -0.25) is 0 Å². The van der Waals surface area contributed by atoms with Crippen molar-refractivity contribution >= 4 is 11.8 Å². The minimum absolute atomic E-state index is 0.455. The summed E-state index contributed by atoms with van der Waals surface area (Å²) in [7, 11) is 0. The number of carbonyl (C=O) groups excluding carboxylic acids is 1. The zero-order chi connectivity index (χ0) is 9.26. The third kappa shape index (κ3) is 1.22. The van der Waals surface area contributed by atoms with Gasteiger partial charge in [0, 0.05) is 12.6 Å². The fourth-order valence-electron chi connectivity index (χ4n) is 1.55. The first-order chi connectivity index (χ1) is 6.33. The van der Waals surface area contributed by atoms with E-state index < -0.39 is 0 Å². The fraction of sp³-hybridized carbons (Fsp3) is 0.200. The van der Waals surface area contributed by atoms with Crippen LogP contribution in [0.5, 0.6) is 0 Å². The summed E-state index contributed by atoms with van der Waals surface area (Å²) in [5, 5.41) is 0. The number of nitrogens with zero attached hydrogens (tertiary/aromatic N) is 2. The quantitative estimate of drug-likeness (QED) is 0.645. The van der Waals surface area contributed by atoms with Crippen LogP contribution in [0.1, 0.15) is 11.3 Å². The Morgan fingerprint density at radius 2 is 2.46 bits per heavy atom. The van der Waals surface area contributed by atoms with E-state index in [1.807, 2.05) is 29.7 Å². The summed E-state index contributed by atoms with van der Waals surface area (Å²) < 4.78 is 1.94. The molecule has 0 aromatic carbocycles. The third-order valence-corrected chi connectivity index (χ3v) is 2.13. The molecule has 3 heteroatoms. The average molecular weight is 174 g/mol. The molecule has 0 spiro atoms. The van der Waals surface area contributed by atoms with E-state index in [0.717, 1.165) is 23.1 Å². The lowest BCUT2D eigenvalue weighted by Gasteiger charge is -2.00. The number of pyridine rings is 1. The first-order valence-corrected chi connectivity index (χ1v) is 4.17. The summed E-state index contributed by atoms with van der Waals surface area (Å²) in [4.78, 5) is 14.6. The molecule has 0 unspecified atom stereocenters. The smallest absolute Gasteiger partial charge is 0.124 e. The number of hydrogen-bond donors (Lipinski definition) is 0. The van der Waals surface area contributed by atoms with Gasteiger partial charge in [-0.1, -0.05) is 6.07 Å². The lowest BCUT2D eigenvalue weighted by Crippen LogP contribution is -1.92. The molecule has 0 atom stereocenters. The summed E-state index contributed by atoms with van der Waals surface area (Å²) in [5.41, 5.74) is 3.06. The van der Waals surface area contributed by atoms with Crippen LogP contribution >= 0.6 is 0 Å². The molecular weight excluding hydrogens is 164 g/mol. The summed E-state index contributed by atoms with van der Waals surface area (Å²) in [6.07, 6.45) is 5.07. The molecule has 0 aliphatic carbocycles. The maximum atomic E-state index is 10.4. The van der Waals surface area contributed by atoms with E-state index in [9.17, 15) is 4.79 Å². The van der Waals surface area contributed by atoms with Crippen molar-refractivity contribution in [1.82, 2.24) is 9.38 Å². The molecule has 0 amide bonds. The van der Waals surface area contributed by atoms with Crippen molar-refractivity contribution in [3.63, 3.8) is 0 Å². The summed E-state index contributed by atoms with van der Waals surface area (Å²) in [5.74, 6) is 0. The molecule has 2 aromatic heterocycles. The highest BCUT2D eigenvalue weighted by Gasteiger charge is 2.03. The second-order valence-corrected chi connectivity index (χ2v) is 2.99. The molecule has 0 aliphatic heterocycles. The summed E-state index contributed by atoms with van der Waals surface area (Å²) in [6.45, 7) is 1.95. The Morgan fingerprint density at radius 1 is 1.62 bits per heavy atom. The molecule has 2 heterocycles. The number of aryl methyl sites for hydroxylation is 1. The van der Waals surface area contributed by atoms with Gasteiger partial charge in [-0.15, -0.1) is 0 Å². The van der Waals surface area contributed by atoms with Crippen LogP contribution in [0.4, 0.5) is 0 Å². The van der Waals surface area contributed by atoms with Crippen LogP contribution in [0.3, 0.4) is 0 Å². The molecule has 3 nitrogen and oxygen atoms in total. The SMILES string of the molecule is Cc1ncn2cccc(CC=O)c12. The lowest BCUT2D eigenvalue weighted by molar-refractivity contribution is -0.107. The van der Waals surface area contributed by atoms with E-state index >= 15 is 0 Å². The Labute approximate surface area is 76.0 Å². The van der Waals surface area contributed by atoms with Crippen LogP contribution in [0, 0.1) is 6.92 Å². The zero-order valence-corrected chi connectivity index (χ0v) is 7.40. The molecule has 0 radical (unpaired) electrons. The zero-order valence-electron chi connectivity index (χ0n) is 7.40. The highest BCUT2D eigenvalue weighted by molar-refractivity contribution is 5.66. The number of aldehydes is 1. The minimum atomic E-state index is 0.455. The van der Waals surface area contributed by atoms with Crippen molar-refractivity contribution in [3.8, 4) is 0 Å². The Hall–Kier alpha value is -1.64. The molecule has 2 rings (SSSR count). The van der Waals surface area contributed by atoms with Gasteiger partial charge in [0.15, 0.2) is 0 Å². The van der Waals surface area contributed by atoms with Gasteiger partial charge in [0.05, 0.1) is 17.5 Å². The number of imidazole rings is 1. The lowest BCUT2D eigenvalue weighted by atomic mass is 10.1. The summed E-state index contributed by atoms with van der Waals surface area (Å²) >= 11 is 0. The van der Waals surface area contributed by atoms with E-state index in [1.165, 1.54) is 0 Å². The number of fused-ring (bicyclic) bond motifs is 1. The predicted molar refractivity (Wildman–Crippen MR) is 49.7 cm³/mol. The molecule has 0 saturated carbocycles. The van der Waals surface area contributed by atoms with Crippen LogP contribution in [0.25, 0.3) is 5.52 Å². The number of hydrogen-bond acceptors (Lipinski definition) is 2. The molecule has 0 fully saturated rings. The van der Waals surface area contributed by atoms with E-state index in [2.05, 4.69) is 4.98 Å². The van der Waals surface area contributed by atoms with Crippen LogP contribution in [0.2, 0.25) is 0 Å². The van der Waals surface area contributed by atoms with Crippen molar-refractivity contribution in [1.29, 1.82) is 0 Å². The second-order valence-electron chi connectivity index (χ2n) is 2.99. The normalized spacial score (nSPS) is 10.5. The summed E-state index contributed by atoms with van der Waals surface area (Å²) in [6, 6.07) is 3.88. The van der Waals surface area contributed by atoms with Gasteiger partial charge < -0.3 is 9.20 Å². The average Bonchev–Trinajstić information content (AvgIpc) is 2.50. The first-order valence-electron chi connectivity index (χ1n) is 4.17. The van der Waals surface area contributed by atoms with Gasteiger partial charge in [0.25, 0.3) is 0 Å². The largest absolute Gasteiger partial charge is 0.306 e. The number of carbonyl (C=O) groups is 1. The van der Waals surface area contributed by atoms with Gasteiger partial charge >= 0.3 is 0 Å². The van der Waals surface area contributed by atoms with Gasteiger partial charge in [-0.2, -0.15) is 0 Å². The molecule has 2 aromatic rings. The fourth-order valence-corrected chi connectivity index (χ4v) is 1.55. The minimum Gasteiger partial charge on any atom is -0.306 e. The molecule has 0 saturated heterocycles. The van der Waals surface area contributed by atoms with E-state index in [4.69, 9.17) is 0 Å². The molecule has 0 N–H and O–H groups in total. The number of rotatable bonds is 2. The van der Waals surface area contributed by atoms with Crippen molar-refractivity contribution in [2.75, 3.05) is 0 Å². The van der Waals surface area contributed by atoms with Gasteiger partial charge in [0.2, 0.25) is 0 Å². The van der Waals surface area contributed by atoms with E-state index in [1.54, 1.807) is 6.33 Å². The van der Waals surface area contributed by atoms with Crippen LogP contribution in [0.15, 0.2) is 24.7 Å². The van der Waals surface area contributed by atoms with Crippen LogP contribution in [-0.2, 0) is 11.2 Å². The molecule has 13 heavy (non-hydrogen) atoms. The second kappa shape index (κ2) is 3.01. The molecule has 66 valence electrons. The van der Waals surface area contributed by atoms with Crippen molar-refractivity contribution in [2.45, 2.75) is 13.3 Å². The van der Waals surface area contributed by atoms with E-state index in [-0.39, 0.29) is 0 Å². The highest BCUT2D eigenvalue weighted by atomic mass is 16.1. The van der Waals surface area contributed by atoms with Crippen molar-refractivity contribution < 1.29 is 4.79 Å². The maximum absolute atomic E-state index is 10.4. The van der Waals surface area contributed by atoms with E-state index in [0.29, 0.717) is 6.42 Å². The van der Waals surface area contributed by atoms with Gasteiger partial charge in [-0.05, 0) is 18.6 Å². The Kier molecular flexibility index (Phi) is 1.85. The molecule has 0 aliphatic rings. The Bertz CT molecular complexity index is 445. The highest BCUT2D eigenvalue weighted by Crippen LogP contribution is 2.14. The predicted octanol–water partition coefficient (Wildman–Crippen LogP) is 1.38. The van der Waals surface area contributed by atoms with Crippen LogP contribution < -0.4 is 0 Å². The Balaban J connectivity index is 2.72. The Morgan fingerprint density at radius 3 is 3.23 bits per heavy atom. The molecular formula is C10H10N2O. The monoisotopic (exact) mass is 174 g/mol. The maximum Gasteiger partial charge on any atom is 0.124 e. The van der Waals surface area contributed by atoms with Gasteiger partial charge in [0.1, 0.15) is 6.29 Å². The third-order valence-electron chi connectivity index (χ3n) is 2.13. The first kappa shape index (κ1) is 7.98. The van der Waals surface area contributed by atoms with Crippen LogP contribution in [-0.4, -0.2) is 15.7 Å².